The summed E-state index contributed by atoms with van der Waals surface area (Å²) < 4.78 is 10.9. The third-order valence-corrected chi connectivity index (χ3v) is 3.08. The molecule has 88 valence electrons. The summed E-state index contributed by atoms with van der Waals surface area (Å²) in [6.07, 6.45) is 2.45. The van der Waals surface area contributed by atoms with Gasteiger partial charge in [-0.1, -0.05) is 0 Å². The summed E-state index contributed by atoms with van der Waals surface area (Å²) in [7, 11) is 3.40. The fourth-order valence-electron chi connectivity index (χ4n) is 2.00. The molecule has 1 aliphatic carbocycles. The van der Waals surface area contributed by atoms with Crippen LogP contribution >= 0.6 is 0 Å². The molecule has 1 aromatic carbocycles. The van der Waals surface area contributed by atoms with Crippen LogP contribution in [0.4, 0.5) is 0 Å². The number of rotatable bonds is 4. The molecule has 0 amide bonds. The third kappa shape index (κ3) is 2.00. The van der Waals surface area contributed by atoms with Gasteiger partial charge in [0.05, 0.1) is 14.2 Å². The maximum atomic E-state index is 5.89. The Balaban J connectivity index is 2.49. The highest BCUT2D eigenvalue weighted by Crippen LogP contribution is 2.49. The van der Waals surface area contributed by atoms with E-state index in [1.165, 1.54) is 18.4 Å². The lowest BCUT2D eigenvalue weighted by atomic mass is 10.0. The minimum atomic E-state index is -0.00365. The van der Waals surface area contributed by atoms with Crippen molar-refractivity contribution < 1.29 is 9.47 Å². The van der Waals surface area contributed by atoms with Gasteiger partial charge in [0.1, 0.15) is 11.5 Å². The second kappa shape index (κ2) is 4.34. The van der Waals surface area contributed by atoms with Crippen LogP contribution in [-0.2, 0) is 0 Å². The van der Waals surface area contributed by atoms with Crippen LogP contribution in [0.3, 0.4) is 0 Å². The molecule has 0 unspecified atom stereocenters. The molecule has 0 heterocycles. The largest absolute Gasteiger partial charge is 0.496 e. The molecule has 0 bridgehead atoms. The van der Waals surface area contributed by atoms with Crippen LogP contribution in [0.5, 0.6) is 11.5 Å². The van der Waals surface area contributed by atoms with Crippen molar-refractivity contribution in [2.45, 2.75) is 31.7 Å². The summed E-state index contributed by atoms with van der Waals surface area (Å²) in [4.78, 5) is 0. The van der Waals surface area contributed by atoms with E-state index in [-0.39, 0.29) is 6.04 Å². The Morgan fingerprint density at radius 1 is 1.19 bits per heavy atom. The summed E-state index contributed by atoms with van der Waals surface area (Å²) in [5.41, 5.74) is 8.15. The van der Waals surface area contributed by atoms with Crippen molar-refractivity contribution in [3.63, 3.8) is 0 Å². The van der Waals surface area contributed by atoms with Gasteiger partial charge in [-0.2, -0.15) is 0 Å². The molecule has 1 saturated carbocycles. The van der Waals surface area contributed by atoms with E-state index in [2.05, 4.69) is 0 Å². The van der Waals surface area contributed by atoms with Gasteiger partial charge in [0, 0.05) is 11.6 Å². The molecule has 2 rings (SSSR count). The van der Waals surface area contributed by atoms with Crippen molar-refractivity contribution in [3.8, 4) is 11.5 Å². The second-order valence-corrected chi connectivity index (χ2v) is 4.40. The van der Waals surface area contributed by atoms with Gasteiger partial charge in [-0.15, -0.1) is 0 Å². The molecule has 3 nitrogen and oxygen atoms in total. The Morgan fingerprint density at radius 2 is 1.69 bits per heavy atom. The van der Waals surface area contributed by atoms with Crippen LogP contribution in [0.2, 0.25) is 0 Å². The third-order valence-electron chi connectivity index (χ3n) is 3.08. The zero-order valence-corrected chi connectivity index (χ0v) is 10.1. The first-order valence-electron chi connectivity index (χ1n) is 5.68. The lowest BCUT2D eigenvalue weighted by Gasteiger charge is -2.16. The number of methoxy groups -OCH3 is 2. The molecular weight excluding hydrogens is 202 g/mol. The number of nitrogens with two attached hydrogens (primary N) is 1. The molecule has 1 atom stereocenters. The van der Waals surface area contributed by atoms with E-state index in [0.717, 1.165) is 17.1 Å². The average Bonchev–Trinajstić information content (AvgIpc) is 3.10. The highest BCUT2D eigenvalue weighted by molar-refractivity contribution is 5.52. The molecule has 1 fully saturated rings. The summed E-state index contributed by atoms with van der Waals surface area (Å²) >= 11 is 0. The SMILES string of the molecule is COc1cc([C@@H](C)N)cc(OC)c1C1CC1. The van der Waals surface area contributed by atoms with Crippen molar-refractivity contribution in [2.24, 2.45) is 5.73 Å². The van der Waals surface area contributed by atoms with E-state index < -0.39 is 0 Å². The van der Waals surface area contributed by atoms with Gasteiger partial charge < -0.3 is 15.2 Å². The Morgan fingerprint density at radius 3 is 2.00 bits per heavy atom. The van der Waals surface area contributed by atoms with Crippen LogP contribution in [-0.4, -0.2) is 14.2 Å². The minimum absolute atomic E-state index is 0.00365. The maximum Gasteiger partial charge on any atom is 0.126 e. The molecular formula is C13H19NO2. The van der Waals surface area contributed by atoms with E-state index in [1.54, 1.807) is 14.2 Å². The fraction of sp³-hybridized carbons (Fsp3) is 0.538. The first kappa shape index (κ1) is 11.3. The van der Waals surface area contributed by atoms with E-state index >= 15 is 0 Å². The Bertz CT molecular complexity index is 359. The van der Waals surface area contributed by atoms with Crippen LogP contribution in [0.25, 0.3) is 0 Å². The Kier molecular flexibility index (Phi) is 3.06. The Labute approximate surface area is 96.5 Å². The van der Waals surface area contributed by atoms with Crippen molar-refractivity contribution in [2.75, 3.05) is 14.2 Å². The van der Waals surface area contributed by atoms with Gasteiger partial charge in [-0.25, -0.2) is 0 Å². The monoisotopic (exact) mass is 221 g/mol. The van der Waals surface area contributed by atoms with Crippen LogP contribution in [0.1, 0.15) is 42.9 Å². The van der Waals surface area contributed by atoms with Crippen molar-refractivity contribution in [1.29, 1.82) is 0 Å². The quantitative estimate of drug-likeness (QED) is 0.850. The highest BCUT2D eigenvalue weighted by Gasteiger charge is 2.30. The number of benzene rings is 1. The van der Waals surface area contributed by atoms with Gasteiger partial charge in [0.2, 0.25) is 0 Å². The van der Waals surface area contributed by atoms with Gasteiger partial charge in [0.25, 0.3) is 0 Å². The first-order valence-corrected chi connectivity index (χ1v) is 5.68. The topological polar surface area (TPSA) is 44.5 Å². The first-order chi connectivity index (χ1) is 7.67. The average molecular weight is 221 g/mol. The minimum Gasteiger partial charge on any atom is -0.496 e. The summed E-state index contributed by atoms with van der Waals surface area (Å²) in [6, 6.07) is 4.05. The van der Waals surface area contributed by atoms with Crippen LogP contribution < -0.4 is 15.2 Å². The molecule has 0 spiro atoms. The maximum absolute atomic E-state index is 5.89. The van der Waals surface area contributed by atoms with E-state index in [4.69, 9.17) is 15.2 Å². The van der Waals surface area contributed by atoms with Gasteiger partial charge in [-0.3, -0.25) is 0 Å². The molecule has 16 heavy (non-hydrogen) atoms. The number of hydrogen-bond acceptors (Lipinski definition) is 3. The normalized spacial score (nSPS) is 17.0. The Hall–Kier alpha value is -1.22. The molecule has 1 aromatic rings. The molecule has 2 N–H and O–H groups in total. The zero-order valence-electron chi connectivity index (χ0n) is 10.1. The van der Waals surface area contributed by atoms with E-state index in [0.29, 0.717) is 5.92 Å². The van der Waals surface area contributed by atoms with Crippen molar-refractivity contribution in [3.05, 3.63) is 23.3 Å². The summed E-state index contributed by atoms with van der Waals surface area (Å²) in [6.45, 7) is 1.96. The summed E-state index contributed by atoms with van der Waals surface area (Å²) in [5.74, 6) is 2.43. The fourth-order valence-corrected chi connectivity index (χ4v) is 2.00. The van der Waals surface area contributed by atoms with Gasteiger partial charge in [-0.05, 0) is 43.4 Å². The number of ether oxygens (including phenoxy) is 2. The number of hydrogen-bond donors (Lipinski definition) is 1. The van der Waals surface area contributed by atoms with Crippen LogP contribution in [0, 0.1) is 0 Å². The standard InChI is InChI=1S/C13H19NO2/c1-8(14)10-6-11(15-2)13(9-4-5-9)12(7-10)16-3/h6-9H,4-5,14H2,1-3H3/t8-/m1/s1. The lowest BCUT2D eigenvalue weighted by Crippen LogP contribution is -2.07. The van der Waals surface area contributed by atoms with E-state index in [9.17, 15) is 0 Å². The second-order valence-electron chi connectivity index (χ2n) is 4.40. The smallest absolute Gasteiger partial charge is 0.126 e. The molecule has 0 saturated heterocycles. The molecule has 1 aliphatic rings. The summed E-state index contributed by atoms with van der Waals surface area (Å²) in [5, 5.41) is 0. The predicted octanol–water partition coefficient (Wildman–Crippen LogP) is 2.60. The van der Waals surface area contributed by atoms with Crippen molar-refractivity contribution in [1.82, 2.24) is 0 Å². The van der Waals surface area contributed by atoms with Crippen molar-refractivity contribution >= 4 is 0 Å². The molecule has 3 heteroatoms. The van der Waals surface area contributed by atoms with Gasteiger partial charge in [0.15, 0.2) is 0 Å². The zero-order chi connectivity index (χ0) is 11.7. The molecule has 0 aliphatic heterocycles. The predicted molar refractivity (Wildman–Crippen MR) is 64.1 cm³/mol. The lowest BCUT2D eigenvalue weighted by molar-refractivity contribution is 0.384. The van der Waals surface area contributed by atoms with Crippen LogP contribution in [0.15, 0.2) is 12.1 Å². The molecule has 0 radical (unpaired) electrons. The highest BCUT2D eigenvalue weighted by atomic mass is 16.5. The van der Waals surface area contributed by atoms with Gasteiger partial charge >= 0.3 is 0 Å². The molecule has 0 aromatic heterocycles. The van der Waals surface area contributed by atoms with E-state index in [1.807, 2.05) is 19.1 Å².